The lowest BCUT2D eigenvalue weighted by Crippen LogP contribution is -2.48. The summed E-state index contributed by atoms with van der Waals surface area (Å²) in [5, 5.41) is 3.03. The maximum absolute atomic E-state index is 12.6. The number of hydrogen-bond acceptors (Lipinski definition) is 3. The van der Waals surface area contributed by atoms with E-state index in [4.69, 9.17) is 4.74 Å². The van der Waals surface area contributed by atoms with Gasteiger partial charge < -0.3 is 9.64 Å². The van der Waals surface area contributed by atoms with Crippen LogP contribution >= 0.6 is 11.3 Å². The number of rotatable bonds is 1. The van der Waals surface area contributed by atoms with Gasteiger partial charge in [0.1, 0.15) is 0 Å². The summed E-state index contributed by atoms with van der Waals surface area (Å²) in [5.41, 5.74) is 0.821. The average molecular weight is 275 g/mol. The first kappa shape index (κ1) is 12.6. The van der Waals surface area contributed by atoms with Gasteiger partial charge in [0.25, 0.3) is 5.91 Å². The maximum atomic E-state index is 12.6. The molecule has 2 atom stereocenters. The van der Waals surface area contributed by atoms with E-state index < -0.39 is 0 Å². The van der Waals surface area contributed by atoms with Crippen LogP contribution in [0, 0.1) is 0 Å². The molecule has 1 amide bonds. The largest absolute Gasteiger partial charge is 0.372 e. The predicted molar refractivity (Wildman–Crippen MR) is 77.7 cm³/mol. The molecule has 1 saturated heterocycles. The zero-order valence-corrected chi connectivity index (χ0v) is 11.9. The SMILES string of the molecule is C[C@H]1CN(C(=O)c2csc3ccccc23)C[C@H](C)O1. The molecule has 1 aliphatic rings. The molecule has 0 aliphatic carbocycles. The van der Waals surface area contributed by atoms with Gasteiger partial charge in [-0.3, -0.25) is 4.79 Å². The minimum Gasteiger partial charge on any atom is -0.372 e. The standard InChI is InChI=1S/C15H17NO2S/c1-10-7-16(8-11(2)18-10)15(17)13-9-19-14-6-4-3-5-12(13)14/h3-6,9-11H,7-8H2,1-2H3/t10-,11-/m0/s1. The number of benzene rings is 1. The summed E-state index contributed by atoms with van der Waals surface area (Å²) in [6, 6.07) is 8.07. The maximum Gasteiger partial charge on any atom is 0.255 e. The third-order valence-electron chi connectivity index (χ3n) is 3.42. The van der Waals surface area contributed by atoms with E-state index in [1.807, 2.05) is 42.3 Å². The first-order chi connectivity index (χ1) is 9.15. The number of hydrogen-bond donors (Lipinski definition) is 0. The van der Waals surface area contributed by atoms with Gasteiger partial charge in [0.15, 0.2) is 0 Å². The lowest BCUT2D eigenvalue weighted by molar-refractivity contribution is -0.0585. The van der Waals surface area contributed by atoms with Gasteiger partial charge in [0.05, 0.1) is 17.8 Å². The van der Waals surface area contributed by atoms with Gasteiger partial charge in [-0.1, -0.05) is 18.2 Å². The van der Waals surface area contributed by atoms with E-state index in [0.29, 0.717) is 13.1 Å². The molecule has 0 radical (unpaired) electrons. The molecule has 0 N–H and O–H groups in total. The summed E-state index contributed by atoms with van der Waals surface area (Å²) >= 11 is 1.63. The highest BCUT2D eigenvalue weighted by molar-refractivity contribution is 7.17. The van der Waals surface area contributed by atoms with Crippen molar-refractivity contribution in [1.82, 2.24) is 4.90 Å². The molecule has 1 aliphatic heterocycles. The van der Waals surface area contributed by atoms with Crippen LogP contribution in [0.25, 0.3) is 10.1 Å². The molecule has 1 aromatic heterocycles. The summed E-state index contributed by atoms with van der Waals surface area (Å²) < 4.78 is 6.85. The minimum atomic E-state index is 0.109. The molecule has 19 heavy (non-hydrogen) atoms. The fourth-order valence-electron chi connectivity index (χ4n) is 2.66. The number of carbonyl (C=O) groups excluding carboxylic acids is 1. The molecule has 3 nitrogen and oxygen atoms in total. The smallest absolute Gasteiger partial charge is 0.255 e. The number of ether oxygens (including phenoxy) is 1. The summed E-state index contributed by atoms with van der Waals surface area (Å²) in [6.07, 6.45) is 0.218. The molecule has 2 aromatic rings. The number of fused-ring (bicyclic) bond motifs is 1. The highest BCUT2D eigenvalue weighted by Crippen LogP contribution is 2.27. The summed E-state index contributed by atoms with van der Waals surface area (Å²) in [5.74, 6) is 0.124. The zero-order chi connectivity index (χ0) is 13.4. The van der Waals surface area contributed by atoms with Crippen LogP contribution in [0.2, 0.25) is 0 Å². The Morgan fingerprint density at radius 3 is 2.68 bits per heavy atom. The van der Waals surface area contributed by atoms with Crippen molar-refractivity contribution in [2.75, 3.05) is 13.1 Å². The summed E-state index contributed by atoms with van der Waals surface area (Å²) in [7, 11) is 0. The van der Waals surface area contributed by atoms with E-state index in [0.717, 1.165) is 10.9 Å². The van der Waals surface area contributed by atoms with Crippen LogP contribution < -0.4 is 0 Å². The third-order valence-corrected chi connectivity index (χ3v) is 4.38. The fourth-order valence-corrected chi connectivity index (χ4v) is 3.59. The number of amides is 1. The molecule has 2 heterocycles. The Kier molecular flexibility index (Phi) is 3.29. The van der Waals surface area contributed by atoms with Crippen LogP contribution in [0.4, 0.5) is 0 Å². The molecule has 3 rings (SSSR count). The Labute approximate surface area is 116 Å². The van der Waals surface area contributed by atoms with Crippen LogP contribution in [-0.2, 0) is 4.74 Å². The van der Waals surface area contributed by atoms with Gasteiger partial charge in [-0.25, -0.2) is 0 Å². The topological polar surface area (TPSA) is 29.5 Å². The first-order valence-corrected chi connectivity index (χ1v) is 7.44. The molecular weight excluding hydrogens is 258 g/mol. The van der Waals surface area contributed by atoms with Crippen molar-refractivity contribution in [2.24, 2.45) is 0 Å². The van der Waals surface area contributed by atoms with E-state index in [1.165, 1.54) is 4.70 Å². The molecule has 4 heteroatoms. The first-order valence-electron chi connectivity index (χ1n) is 6.56. The van der Waals surface area contributed by atoms with Gasteiger partial charge in [-0.05, 0) is 19.9 Å². The number of carbonyl (C=O) groups is 1. The Bertz CT molecular complexity index is 597. The van der Waals surface area contributed by atoms with Gasteiger partial charge in [0.2, 0.25) is 0 Å². The van der Waals surface area contributed by atoms with E-state index in [1.54, 1.807) is 11.3 Å². The number of nitrogens with zero attached hydrogens (tertiary/aromatic N) is 1. The molecule has 0 bridgehead atoms. The lowest BCUT2D eigenvalue weighted by Gasteiger charge is -2.35. The van der Waals surface area contributed by atoms with E-state index in [2.05, 4.69) is 6.07 Å². The molecule has 1 aromatic carbocycles. The minimum absolute atomic E-state index is 0.109. The fraction of sp³-hybridized carbons (Fsp3) is 0.400. The zero-order valence-electron chi connectivity index (χ0n) is 11.1. The second kappa shape index (κ2) is 4.94. The summed E-state index contributed by atoms with van der Waals surface area (Å²) in [6.45, 7) is 5.38. The van der Waals surface area contributed by atoms with Crippen molar-refractivity contribution in [3.05, 3.63) is 35.2 Å². The van der Waals surface area contributed by atoms with Crippen LogP contribution in [0.5, 0.6) is 0 Å². The molecule has 0 unspecified atom stereocenters. The van der Waals surface area contributed by atoms with Gasteiger partial charge in [-0.15, -0.1) is 11.3 Å². The van der Waals surface area contributed by atoms with E-state index in [-0.39, 0.29) is 18.1 Å². The normalized spacial score (nSPS) is 23.8. The predicted octanol–water partition coefficient (Wildman–Crippen LogP) is 3.15. The molecular formula is C15H17NO2S. The Morgan fingerprint density at radius 1 is 1.26 bits per heavy atom. The average Bonchev–Trinajstić information content (AvgIpc) is 2.80. The van der Waals surface area contributed by atoms with Crippen molar-refractivity contribution in [2.45, 2.75) is 26.1 Å². The lowest BCUT2D eigenvalue weighted by atomic mass is 10.1. The van der Waals surface area contributed by atoms with Crippen molar-refractivity contribution in [3.63, 3.8) is 0 Å². The summed E-state index contributed by atoms with van der Waals surface area (Å²) in [4.78, 5) is 14.6. The Hall–Kier alpha value is -1.39. The van der Waals surface area contributed by atoms with Crippen molar-refractivity contribution < 1.29 is 9.53 Å². The van der Waals surface area contributed by atoms with E-state index >= 15 is 0 Å². The third kappa shape index (κ3) is 2.38. The molecule has 0 saturated carbocycles. The van der Waals surface area contributed by atoms with Crippen molar-refractivity contribution in [3.8, 4) is 0 Å². The van der Waals surface area contributed by atoms with Crippen LogP contribution in [0.3, 0.4) is 0 Å². The second-order valence-corrected chi connectivity index (χ2v) is 6.02. The van der Waals surface area contributed by atoms with Gasteiger partial charge in [-0.2, -0.15) is 0 Å². The van der Waals surface area contributed by atoms with Gasteiger partial charge in [0, 0.05) is 28.6 Å². The quantitative estimate of drug-likeness (QED) is 0.800. The monoisotopic (exact) mass is 275 g/mol. The molecule has 100 valence electrons. The number of thiophene rings is 1. The van der Waals surface area contributed by atoms with E-state index in [9.17, 15) is 4.79 Å². The Morgan fingerprint density at radius 2 is 1.95 bits per heavy atom. The van der Waals surface area contributed by atoms with Crippen LogP contribution in [0.1, 0.15) is 24.2 Å². The highest BCUT2D eigenvalue weighted by Gasteiger charge is 2.27. The van der Waals surface area contributed by atoms with Gasteiger partial charge >= 0.3 is 0 Å². The highest BCUT2D eigenvalue weighted by atomic mass is 32.1. The Balaban J connectivity index is 1.91. The van der Waals surface area contributed by atoms with Crippen molar-refractivity contribution >= 4 is 27.3 Å². The number of morpholine rings is 1. The van der Waals surface area contributed by atoms with Crippen LogP contribution in [-0.4, -0.2) is 36.1 Å². The molecule has 1 fully saturated rings. The van der Waals surface area contributed by atoms with Crippen molar-refractivity contribution in [1.29, 1.82) is 0 Å². The van der Waals surface area contributed by atoms with Crippen LogP contribution in [0.15, 0.2) is 29.6 Å². The molecule has 0 spiro atoms. The second-order valence-electron chi connectivity index (χ2n) is 5.11.